The van der Waals surface area contributed by atoms with Gasteiger partial charge in [0.1, 0.15) is 0 Å². The molecule has 2 rings (SSSR count). The van der Waals surface area contributed by atoms with Gasteiger partial charge in [0.15, 0.2) is 0 Å². The molecule has 0 radical (unpaired) electrons. The summed E-state index contributed by atoms with van der Waals surface area (Å²) in [6.45, 7) is 5.84. The zero-order valence-corrected chi connectivity index (χ0v) is 15.2. The number of carbonyl (C=O) groups excluding carboxylic acids is 1. The van der Waals surface area contributed by atoms with Crippen molar-refractivity contribution in [1.29, 1.82) is 0 Å². The van der Waals surface area contributed by atoms with Gasteiger partial charge in [0.25, 0.3) is 15.9 Å². The molecule has 0 saturated heterocycles. The van der Waals surface area contributed by atoms with Gasteiger partial charge in [0, 0.05) is 24.3 Å². The standard InChI is InChI=1S/C18H23N3O3S/c1-3-19-10-11-20-18(22)15-7-5-9-17(13-15)25(23,24)21-16-8-4-6-14(2)12-16/h4-9,12-13,19,21H,3,10-11H2,1-2H3,(H,20,22). The van der Waals surface area contributed by atoms with Crippen LogP contribution in [0.5, 0.6) is 0 Å². The van der Waals surface area contributed by atoms with Crippen molar-refractivity contribution in [2.75, 3.05) is 24.4 Å². The van der Waals surface area contributed by atoms with Crippen molar-refractivity contribution < 1.29 is 13.2 Å². The van der Waals surface area contributed by atoms with Crippen LogP contribution in [-0.2, 0) is 10.0 Å². The molecule has 2 aromatic rings. The Kier molecular flexibility index (Phi) is 6.55. The van der Waals surface area contributed by atoms with Gasteiger partial charge in [-0.2, -0.15) is 0 Å². The Bertz CT molecular complexity index is 835. The normalized spacial score (nSPS) is 11.1. The highest BCUT2D eigenvalue weighted by Gasteiger charge is 2.16. The fourth-order valence-corrected chi connectivity index (χ4v) is 3.37. The second kappa shape index (κ2) is 8.64. The number of sulfonamides is 1. The lowest BCUT2D eigenvalue weighted by atomic mass is 10.2. The van der Waals surface area contributed by atoms with Gasteiger partial charge in [-0.25, -0.2) is 8.42 Å². The first kappa shape index (κ1) is 19.0. The van der Waals surface area contributed by atoms with Crippen LogP contribution >= 0.6 is 0 Å². The maximum atomic E-state index is 12.5. The average molecular weight is 361 g/mol. The van der Waals surface area contributed by atoms with E-state index in [2.05, 4.69) is 15.4 Å². The molecule has 0 saturated carbocycles. The van der Waals surface area contributed by atoms with Crippen LogP contribution in [0.1, 0.15) is 22.8 Å². The van der Waals surface area contributed by atoms with E-state index in [1.54, 1.807) is 30.3 Å². The van der Waals surface area contributed by atoms with E-state index in [-0.39, 0.29) is 10.8 Å². The third-order valence-corrected chi connectivity index (χ3v) is 4.89. The Hall–Kier alpha value is -2.38. The summed E-state index contributed by atoms with van der Waals surface area (Å²) in [5, 5.41) is 5.85. The van der Waals surface area contributed by atoms with Gasteiger partial charge in [-0.15, -0.1) is 0 Å². The molecule has 7 heteroatoms. The summed E-state index contributed by atoms with van der Waals surface area (Å²) in [6, 6.07) is 13.1. The summed E-state index contributed by atoms with van der Waals surface area (Å²) in [7, 11) is -3.76. The predicted octanol–water partition coefficient (Wildman–Crippen LogP) is 2.14. The van der Waals surface area contributed by atoms with E-state index in [0.717, 1.165) is 12.1 Å². The number of rotatable bonds is 8. The molecule has 0 spiro atoms. The molecule has 134 valence electrons. The fraction of sp³-hybridized carbons (Fsp3) is 0.278. The summed E-state index contributed by atoms with van der Waals surface area (Å²) in [5.41, 5.74) is 1.75. The minimum Gasteiger partial charge on any atom is -0.351 e. The zero-order valence-electron chi connectivity index (χ0n) is 14.4. The monoisotopic (exact) mass is 361 g/mol. The smallest absolute Gasteiger partial charge is 0.261 e. The van der Waals surface area contributed by atoms with E-state index in [9.17, 15) is 13.2 Å². The van der Waals surface area contributed by atoms with Crippen LogP contribution in [-0.4, -0.2) is 34.0 Å². The molecule has 0 aromatic heterocycles. The van der Waals surface area contributed by atoms with Crippen LogP contribution in [0, 0.1) is 6.92 Å². The Morgan fingerprint density at radius 3 is 2.52 bits per heavy atom. The highest BCUT2D eigenvalue weighted by molar-refractivity contribution is 7.92. The highest BCUT2D eigenvalue weighted by Crippen LogP contribution is 2.18. The first-order valence-corrected chi connectivity index (χ1v) is 9.59. The molecular weight excluding hydrogens is 338 g/mol. The molecule has 0 fully saturated rings. The minimum atomic E-state index is -3.76. The van der Waals surface area contributed by atoms with Crippen molar-refractivity contribution in [3.8, 4) is 0 Å². The molecule has 0 unspecified atom stereocenters. The summed E-state index contributed by atoms with van der Waals surface area (Å²) in [6.07, 6.45) is 0. The molecule has 0 bridgehead atoms. The van der Waals surface area contributed by atoms with Crippen molar-refractivity contribution >= 4 is 21.6 Å². The lowest BCUT2D eigenvalue weighted by Gasteiger charge is -2.10. The molecule has 6 nitrogen and oxygen atoms in total. The van der Waals surface area contributed by atoms with Crippen LogP contribution in [0.3, 0.4) is 0 Å². The quantitative estimate of drug-likeness (QED) is 0.629. The van der Waals surface area contributed by atoms with Gasteiger partial charge in [0.2, 0.25) is 0 Å². The van der Waals surface area contributed by atoms with Crippen molar-refractivity contribution in [3.05, 3.63) is 59.7 Å². The number of carbonyl (C=O) groups is 1. The van der Waals surface area contributed by atoms with Crippen LogP contribution < -0.4 is 15.4 Å². The second-order valence-corrected chi connectivity index (χ2v) is 7.29. The Morgan fingerprint density at radius 2 is 1.80 bits per heavy atom. The maximum absolute atomic E-state index is 12.5. The molecule has 0 heterocycles. The van der Waals surface area contributed by atoms with E-state index < -0.39 is 10.0 Å². The molecule has 3 N–H and O–H groups in total. The largest absolute Gasteiger partial charge is 0.351 e. The number of amides is 1. The van der Waals surface area contributed by atoms with E-state index in [1.165, 1.54) is 12.1 Å². The summed E-state index contributed by atoms with van der Waals surface area (Å²) >= 11 is 0. The number of aryl methyl sites for hydroxylation is 1. The van der Waals surface area contributed by atoms with Gasteiger partial charge >= 0.3 is 0 Å². The van der Waals surface area contributed by atoms with Crippen molar-refractivity contribution in [2.45, 2.75) is 18.7 Å². The summed E-state index contributed by atoms with van der Waals surface area (Å²) in [4.78, 5) is 12.2. The molecule has 0 atom stereocenters. The molecule has 0 aliphatic heterocycles. The van der Waals surface area contributed by atoms with Crippen LogP contribution in [0.2, 0.25) is 0 Å². The number of hydrogen-bond donors (Lipinski definition) is 3. The number of likely N-dealkylation sites (N-methyl/N-ethyl adjacent to an activating group) is 1. The van der Waals surface area contributed by atoms with E-state index in [1.807, 2.05) is 19.9 Å². The number of hydrogen-bond acceptors (Lipinski definition) is 4. The molecular formula is C18H23N3O3S. The lowest BCUT2D eigenvalue weighted by molar-refractivity contribution is 0.0953. The third-order valence-electron chi connectivity index (χ3n) is 3.51. The van der Waals surface area contributed by atoms with E-state index >= 15 is 0 Å². The Morgan fingerprint density at radius 1 is 1.04 bits per heavy atom. The van der Waals surface area contributed by atoms with Gasteiger partial charge in [-0.05, 0) is 49.4 Å². The lowest BCUT2D eigenvalue weighted by Crippen LogP contribution is -2.31. The number of nitrogens with one attached hydrogen (secondary N) is 3. The first-order chi connectivity index (χ1) is 11.9. The molecule has 0 aliphatic carbocycles. The van der Waals surface area contributed by atoms with Gasteiger partial charge in [-0.3, -0.25) is 9.52 Å². The predicted molar refractivity (Wildman–Crippen MR) is 99.3 cm³/mol. The molecule has 1 amide bonds. The fourth-order valence-electron chi connectivity index (χ4n) is 2.27. The molecule has 0 aliphatic rings. The summed E-state index contributed by atoms with van der Waals surface area (Å²) < 4.78 is 27.6. The SMILES string of the molecule is CCNCCNC(=O)c1cccc(S(=O)(=O)Nc2cccc(C)c2)c1. The van der Waals surface area contributed by atoms with Gasteiger partial charge < -0.3 is 10.6 Å². The zero-order chi connectivity index (χ0) is 18.3. The number of benzene rings is 2. The highest BCUT2D eigenvalue weighted by atomic mass is 32.2. The van der Waals surface area contributed by atoms with Crippen LogP contribution in [0.4, 0.5) is 5.69 Å². The van der Waals surface area contributed by atoms with Crippen molar-refractivity contribution in [3.63, 3.8) is 0 Å². The maximum Gasteiger partial charge on any atom is 0.261 e. The van der Waals surface area contributed by atoms with Gasteiger partial charge in [-0.1, -0.05) is 25.1 Å². The molecule has 25 heavy (non-hydrogen) atoms. The van der Waals surface area contributed by atoms with E-state index in [4.69, 9.17) is 0 Å². The Labute approximate surface area is 148 Å². The second-order valence-electron chi connectivity index (χ2n) is 5.61. The molecule has 2 aromatic carbocycles. The van der Waals surface area contributed by atoms with Crippen LogP contribution in [0.25, 0.3) is 0 Å². The summed E-state index contributed by atoms with van der Waals surface area (Å²) in [5.74, 6) is -0.300. The van der Waals surface area contributed by atoms with Crippen molar-refractivity contribution in [1.82, 2.24) is 10.6 Å². The minimum absolute atomic E-state index is 0.0494. The van der Waals surface area contributed by atoms with Crippen LogP contribution in [0.15, 0.2) is 53.4 Å². The topological polar surface area (TPSA) is 87.3 Å². The Balaban J connectivity index is 2.12. The third kappa shape index (κ3) is 5.58. The van der Waals surface area contributed by atoms with Crippen molar-refractivity contribution in [2.24, 2.45) is 0 Å². The van der Waals surface area contributed by atoms with E-state index in [0.29, 0.717) is 24.3 Å². The first-order valence-electron chi connectivity index (χ1n) is 8.11. The average Bonchev–Trinajstić information content (AvgIpc) is 2.58. The van der Waals surface area contributed by atoms with Gasteiger partial charge in [0.05, 0.1) is 4.90 Å². The number of anilines is 1.